The highest BCUT2D eigenvalue weighted by atomic mass is 35.5. The van der Waals surface area contributed by atoms with Crippen LogP contribution in [0.15, 0.2) is 52.9 Å². The number of fused-ring (bicyclic) bond motifs is 1. The van der Waals surface area contributed by atoms with Crippen molar-refractivity contribution in [2.45, 2.75) is 17.2 Å². The van der Waals surface area contributed by atoms with Crippen molar-refractivity contribution in [2.24, 2.45) is 0 Å². The summed E-state index contributed by atoms with van der Waals surface area (Å²) in [6.07, 6.45) is 1.47. The van der Waals surface area contributed by atoms with E-state index >= 15 is 0 Å². The maximum absolute atomic E-state index is 13.7. The lowest BCUT2D eigenvalue weighted by Crippen LogP contribution is -2.15. The van der Waals surface area contributed by atoms with Crippen LogP contribution >= 0.6 is 22.9 Å². The van der Waals surface area contributed by atoms with Crippen molar-refractivity contribution in [3.63, 3.8) is 0 Å². The summed E-state index contributed by atoms with van der Waals surface area (Å²) < 4.78 is 55.3. The number of carbonyl (C=O) groups is 1. The number of halogens is 3. The number of rotatable bonds is 6. The molecular weight excluding hydrogens is 486 g/mol. The van der Waals surface area contributed by atoms with Crippen molar-refractivity contribution in [2.75, 3.05) is 10.0 Å². The molecule has 1 amide bonds. The lowest BCUT2D eigenvalue weighted by Gasteiger charge is -2.10. The van der Waals surface area contributed by atoms with Gasteiger partial charge in [0.1, 0.15) is 5.69 Å². The summed E-state index contributed by atoms with van der Waals surface area (Å²) in [4.78, 5) is 20.5. The summed E-state index contributed by atoms with van der Waals surface area (Å²) in [5, 5.41) is 4.55. The molecule has 1 aromatic carbocycles. The molecule has 0 unspecified atom stereocenters. The third-order valence-electron chi connectivity index (χ3n) is 4.15. The molecule has 32 heavy (non-hydrogen) atoms. The third-order valence-corrected chi connectivity index (χ3v) is 6.52. The molecule has 0 aliphatic heterocycles. The Labute approximate surface area is 189 Å². The summed E-state index contributed by atoms with van der Waals surface area (Å²) in [5.74, 6) is -0.700. The monoisotopic (exact) mass is 498 g/mol. The molecule has 4 rings (SSSR count). The minimum absolute atomic E-state index is 0.0279. The molecule has 0 saturated carbocycles. The molecule has 0 aliphatic carbocycles. The lowest BCUT2D eigenvalue weighted by atomic mass is 10.3. The van der Waals surface area contributed by atoms with E-state index in [1.165, 1.54) is 43.5 Å². The van der Waals surface area contributed by atoms with Gasteiger partial charge in [0.15, 0.2) is 16.5 Å². The van der Waals surface area contributed by atoms with Crippen molar-refractivity contribution in [3.05, 3.63) is 65.1 Å². The molecule has 0 fully saturated rings. The van der Waals surface area contributed by atoms with E-state index in [0.717, 1.165) is 21.9 Å². The number of sulfonamides is 1. The van der Waals surface area contributed by atoms with Crippen molar-refractivity contribution in [1.82, 2.24) is 19.6 Å². The summed E-state index contributed by atoms with van der Waals surface area (Å²) >= 11 is 6.28. The second-order valence-electron chi connectivity index (χ2n) is 6.50. The Morgan fingerprint density at radius 2 is 1.94 bits per heavy atom. The zero-order chi connectivity index (χ0) is 23.1. The summed E-state index contributed by atoms with van der Waals surface area (Å²) in [6, 6.07) is 7.67. The maximum Gasteiger partial charge on any atom is 0.364 e. The van der Waals surface area contributed by atoms with Crippen LogP contribution in [0.3, 0.4) is 0 Å². The molecule has 2 N–H and O–H groups in total. The number of aryl methyl sites for hydroxylation is 1. The van der Waals surface area contributed by atoms with Crippen LogP contribution in [0.1, 0.15) is 21.9 Å². The molecule has 0 bridgehead atoms. The van der Waals surface area contributed by atoms with Crippen LogP contribution in [-0.4, -0.2) is 33.9 Å². The molecule has 9 nitrogen and oxygen atoms in total. The number of aromatic nitrogens is 4. The Hall–Kier alpha value is -3.16. The van der Waals surface area contributed by atoms with E-state index in [-0.39, 0.29) is 32.7 Å². The zero-order valence-electron chi connectivity index (χ0n) is 16.1. The molecule has 166 valence electrons. The first-order valence-corrected chi connectivity index (χ1v) is 11.6. The number of carbonyl (C=O) groups excluding carboxylic acids is 1. The number of nitrogens with zero attached hydrogens (tertiary/aromatic N) is 4. The van der Waals surface area contributed by atoms with E-state index in [1.54, 1.807) is 5.38 Å². The molecule has 3 aromatic heterocycles. The standard InChI is InChI=1S/C18H13ClF2N6O3S2/c1-10-8-14(18(19,20)21)27-15(23-10)9-13(25-27)16(28)24-11-2-4-12(5-3-11)32(29,30)26-17-22-6-7-31-17/h2-9H,1H3,(H,22,26)(H,24,28). The highest BCUT2D eigenvalue weighted by Gasteiger charge is 2.32. The second-order valence-corrected chi connectivity index (χ2v) is 9.55. The van der Waals surface area contributed by atoms with E-state index in [1.807, 2.05) is 0 Å². The van der Waals surface area contributed by atoms with E-state index in [2.05, 4.69) is 25.1 Å². The maximum atomic E-state index is 13.7. The molecular formula is C18H13ClF2N6O3S2. The Kier molecular flexibility index (Phi) is 5.56. The molecule has 0 aliphatic rings. The first-order chi connectivity index (χ1) is 15.0. The van der Waals surface area contributed by atoms with Crippen LogP contribution in [0.25, 0.3) is 5.65 Å². The van der Waals surface area contributed by atoms with Gasteiger partial charge < -0.3 is 5.32 Å². The second kappa shape index (κ2) is 8.07. The lowest BCUT2D eigenvalue weighted by molar-refractivity contribution is 0.0868. The van der Waals surface area contributed by atoms with Crippen LogP contribution in [0.5, 0.6) is 0 Å². The number of hydrogen-bond acceptors (Lipinski definition) is 7. The van der Waals surface area contributed by atoms with Crippen molar-refractivity contribution >= 4 is 55.3 Å². The Morgan fingerprint density at radius 3 is 2.56 bits per heavy atom. The smallest absolute Gasteiger partial charge is 0.321 e. The van der Waals surface area contributed by atoms with E-state index in [4.69, 9.17) is 11.6 Å². The molecule has 0 spiro atoms. The van der Waals surface area contributed by atoms with E-state index < -0.39 is 27.0 Å². The molecule has 0 atom stereocenters. The number of benzene rings is 1. The topological polar surface area (TPSA) is 118 Å². The minimum Gasteiger partial charge on any atom is -0.321 e. The van der Waals surface area contributed by atoms with Gasteiger partial charge in [0.2, 0.25) is 0 Å². The average molecular weight is 499 g/mol. The minimum atomic E-state index is -3.84. The molecule has 14 heteroatoms. The van der Waals surface area contributed by atoms with Crippen LogP contribution in [-0.2, 0) is 15.4 Å². The Balaban J connectivity index is 1.55. The van der Waals surface area contributed by atoms with E-state index in [0.29, 0.717) is 0 Å². The van der Waals surface area contributed by atoms with Gasteiger partial charge in [0.05, 0.1) is 4.90 Å². The van der Waals surface area contributed by atoms with Crippen molar-refractivity contribution in [1.29, 1.82) is 0 Å². The first-order valence-electron chi connectivity index (χ1n) is 8.81. The first kappa shape index (κ1) is 22.0. The van der Waals surface area contributed by atoms with Crippen molar-refractivity contribution in [3.8, 4) is 0 Å². The number of thiazole rings is 1. The zero-order valence-corrected chi connectivity index (χ0v) is 18.5. The fourth-order valence-electron chi connectivity index (χ4n) is 2.77. The van der Waals surface area contributed by atoms with Crippen LogP contribution < -0.4 is 10.0 Å². The van der Waals surface area contributed by atoms with E-state index in [9.17, 15) is 22.0 Å². The van der Waals surface area contributed by atoms with Crippen molar-refractivity contribution < 1.29 is 22.0 Å². The SMILES string of the molecule is Cc1cc(C(F)(F)Cl)n2nc(C(=O)Nc3ccc(S(=O)(=O)Nc4nccs4)cc3)cc2n1. The summed E-state index contributed by atoms with van der Waals surface area (Å²) in [7, 11) is -3.84. The molecule has 4 aromatic rings. The van der Waals surface area contributed by atoms with Crippen LogP contribution in [0, 0.1) is 6.92 Å². The number of nitrogens with one attached hydrogen (secondary N) is 2. The van der Waals surface area contributed by atoms with Gasteiger partial charge in [0.25, 0.3) is 15.9 Å². The fourth-order valence-corrected chi connectivity index (χ4v) is 4.70. The third kappa shape index (κ3) is 4.54. The number of alkyl halides is 3. The average Bonchev–Trinajstić information content (AvgIpc) is 3.36. The summed E-state index contributed by atoms with van der Waals surface area (Å²) in [5.41, 5.74) is -0.217. The van der Waals surface area contributed by atoms with Crippen LogP contribution in [0.4, 0.5) is 19.6 Å². The van der Waals surface area contributed by atoms with Gasteiger partial charge in [-0.05, 0) is 48.9 Å². The number of anilines is 2. The largest absolute Gasteiger partial charge is 0.364 e. The highest BCUT2D eigenvalue weighted by molar-refractivity contribution is 7.93. The number of hydrogen-bond donors (Lipinski definition) is 2. The van der Waals surface area contributed by atoms with Gasteiger partial charge in [-0.25, -0.2) is 22.9 Å². The van der Waals surface area contributed by atoms with Crippen LogP contribution in [0.2, 0.25) is 0 Å². The van der Waals surface area contributed by atoms with Gasteiger partial charge in [-0.2, -0.15) is 13.9 Å². The fraction of sp³-hybridized carbons (Fsp3) is 0.111. The van der Waals surface area contributed by atoms with Gasteiger partial charge in [-0.3, -0.25) is 9.52 Å². The predicted molar refractivity (Wildman–Crippen MR) is 115 cm³/mol. The Morgan fingerprint density at radius 1 is 1.22 bits per heavy atom. The summed E-state index contributed by atoms with van der Waals surface area (Å²) in [6.45, 7) is 1.51. The molecule has 0 radical (unpaired) electrons. The Bertz CT molecular complexity index is 1400. The predicted octanol–water partition coefficient (Wildman–Crippen LogP) is 3.84. The highest BCUT2D eigenvalue weighted by Crippen LogP contribution is 2.32. The van der Waals surface area contributed by atoms with Gasteiger partial charge in [-0.15, -0.1) is 11.3 Å². The molecule has 3 heterocycles. The normalized spacial score (nSPS) is 12.1. The van der Waals surface area contributed by atoms with Gasteiger partial charge >= 0.3 is 5.38 Å². The number of amides is 1. The van der Waals surface area contributed by atoms with Gasteiger partial charge in [-0.1, -0.05) is 0 Å². The molecule has 0 saturated heterocycles. The van der Waals surface area contributed by atoms with Gasteiger partial charge in [0, 0.05) is 29.0 Å². The quantitative estimate of drug-likeness (QED) is 0.390.